The first-order valence-corrected chi connectivity index (χ1v) is 12.1. The molecule has 0 amide bonds. The number of rotatable bonds is 11. The zero-order valence-electron chi connectivity index (χ0n) is 20.1. The third-order valence-corrected chi connectivity index (χ3v) is 5.97. The second kappa shape index (κ2) is 11.2. The molecule has 2 aromatic heterocycles. The second-order valence-corrected chi connectivity index (χ2v) is 8.50. The average molecular weight is 510 g/mol. The highest BCUT2D eigenvalue weighted by Gasteiger charge is 2.29. The number of aryl methyl sites for hydroxylation is 1. The Hall–Kier alpha value is -3.91. The highest BCUT2D eigenvalue weighted by atomic mass is 35.5. The molecule has 2 aromatic carbocycles. The fourth-order valence-electron chi connectivity index (χ4n) is 4.10. The van der Waals surface area contributed by atoms with Gasteiger partial charge >= 0.3 is 0 Å². The fourth-order valence-corrected chi connectivity index (χ4v) is 4.23. The summed E-state index contributed by atoms with van der Waals surface area (Å²) in [5.74, 6) is -0.207. The molecule has 36 heavy (non-hydrogen) atoms. The molecule has 9 heteroatoms. The van der Waals surface area contributed by atoms with Crippen LogP contribution in [-0.2, 0) is 13.1 Å². The molecule has 0 unspecified atom stereocenters. The topological polar surface area (TPSA) is 98.7 Å². The largest absolute Gasteiger partial charge is 0.503 e. The molecule has 8 nitrogen and oxygen atoms in total. The Morgan fingerprint density at radius 3 is 2.39 bits per heavy atom. The fraction of sp³-hybridized carbons (Fsp3) is 0.259. The van der Waals surface area contributed by atoms with Gasteiger partial charge in [0.15, 0.2) is 23.0 Å². The van der Waals surface area contributed by atoms with Crippen LogP contribution in [0.3, 0.4) is 0 Å². The maximum Gasteiger partial charge on any atom is 0.235 e. The molecule has 2 N–H and O–H groups in total. The van der Waals surface area contributed by atoms with Gasteiger partial charge in [-0.2, -0.15) is 0 Å². The lowest BCUT2D eigenvalue weighted by Gasteiger charge is -2.15. The predicted molar refractivity (Wildman–Crippen MR) is 137 cm³/mol. The number of aromatic nitrogens is 3. The molecule has 0 spiro atoms. The van der Waals surface area contributed by atoms with Gasteiger partial charge in [0.1, 0.15) is 0 Å². The van der Waals surface area contributed by atoms with E-state index in [2.05, 4.69) is 4.98 Å². The number of hydrogen-bond acceptors (Lipinski definition) is 6. The van der Waals surface area contributed by atoms with Crippen LogP contribution < -0.4 is 9.47 Å². The van der Waals surface area contributed by atoms with Crippen LogP contribution in [0.2, 0.25) is 5.02 Å². The third-order valence-electron chi connectivity index (χ3n) is 5.72. The highest BCUT2D eigenvalue weighted by Crippen LogP contribution is 2.44. The van der Waals surface area contributed by atoms with E-state index >= 15 is 0 Å². The van der Waals surface area contributed by atoms with Gasteiger partial charge in [-0.15, -0.1) is 0 Å². The summed E-state index contributed by atoms with van der Waals surface area (Å²) in [6, 6.07) is 11.7. The summed E-state index contributed by atoms with van der Waals surface area (Å²) in [6.45, 7) is 5.63. The van der Waals surface area contributed by atoms with Crippen molar-refractivity contribution in [2.45, 2.75) is 33.4 Å². The van der Waals surface area contributed by atoms with Crippen LogP contribution in [0.25, 0.3) is 11.3 Å². The number of imidazole rings is 1. The summed E-state index contributed by atoms with van der Waals surface area (Å²) < 4.78 is 15.0. The lowest BCUT2D eigenvalue weighted by atomic mass is 9.99. The van der Waals surface area contributed by atoms with Crippen molar-refractivity contribution >= 4 is 17.4 Å². The Balaban J connectivity index is 1.83. The summed E-state index contributed by atoms with van der Waals surface area (Å²) in [5.41, 5.74) is 1.32. The summed E-state index contributed by atoms with van der Waals surface area (Å²) in [6.07, 6.45) is 5.88. The highest BCUT2D eigenvalue weighted by molar-refractivity contribution is 6.30. The Labute approximate surface area is 214 Å². The standard InChI is InChI=1S/C27H28ClN3O5/c1-3-35-21-11-8-19(16-22(21)36-4-2)24-23(25(32)18-6-9-20(28)10-7-18)26(33)27(34)31(24)14-5-13-30-15-12-29-17-30/h6-12,15-17,33-34H,3-5,13-14H2,1-2H3. The summed E-state index contributed by atoms with van der Waals surface area (Å²) in [4.78, 5) is 17.6. The van der Waals surface area contributed by atoms with Crippen LogP contribution in [-0.4, -0.2) is 43.3 Å². The van der Waals surface area contributed by atoms with E-state index in [-0.39, 0.29) is 11.4 Å². The molecule has 0 fully saturated rings. The number of halogens is 1. The minimum absolute atomic E-state index is 0.00376. The maximum atomic E-state index is 13.6. The molecule has 0 saturated carbocycles. The smallest absolute Gasteiger partial charge is 0.235 e. The van der Waals surface area contributed by atoms with Gasteiger partial charge in [-0.1, -0.05) is 11.6 Å². The summed E-state index contributed by atoms with van der Waals surface area (Å²) in [7, 11) is 0. The molecule has 0 bridgehead atoms. The van der Waals surface area contributed by atoms with E-state index in [9.17, 15) is 15.0 Å². The van der Waals surface area contributed by atoms with E-state index < -0.39 is 11.5 Å². The van der Waals surface area contributed by atoms with Gasteiger partial charge < -0.3 is 28.8 Å². The van der Waals surface area contributed by atoms with Gasteiger partial charge in [0.2, 0.25) is 5.88 Å². The van der Waals surface area contributed by atoms with Crippen molar-refractivity contribution in [3.05, 3.63) is 77.3 Å². The number of ether oxygens (including phenoxy) is 2. The molecule has 0 aliphatic carbocycles. The number of carbonyl (C=O) groups excluding carboxylic acids is 1. The van der Waals surface area contributed by atoms with Gasteiger partial charge in [0.25, 0.3) is 0 Å². The molecule has 0 radical (unpaired) electrons. The minimum atomic E-state index is -0.473. The molecule has 2 heterocycles. The average Bonchev–Trinajstić information content (AvgIpc) is 3.48. The van der Waals surface area contributed by atoms with E-state index in [0.29, 0.717) is 66.1 Å². The Morgan fingerprint density at radius 2 is 1.72 bits per heavy atom. The van der Waals surface area contributed by atoms with Gasteiger partial charge in [-0.05, 0) is 62.7 Å². The lowest BCUT2D eigenvalue weighted by Crippen LogP contribution is -2.08. The first kappa shape index (κ1) is 25.2. The van der Waals surface area contributed by atoms with Crippen LogP contribution in [0, 0.1) is 0 Å². The van der Waals surface area contributed by atoms with Crippen molar-refractivity contribution in [1.82, 2.24) is 14.1 Å². The van der Waals surface area contributed by atoms with Crippen molar-refractivity contribution in [2.24, 2.45) is 0 Å². The van der Waals surface area contributed by atoms with Crippen molar-refractivity contribution < 1.29 is 24.5 Å². The van der Waals surface area contributed by atoms with Gasteiger partial charge in [0.05, 0.1) is 30.8 Å². The normalized spacial score (nSPS) is 11.0. The number of ketones is 1. The maximum absolute atomic E-state index is 13.6. The molecule has 4 aromatic rings. The van der Waals surface area contributed by atoms with E-state index in [4.69, 9.17) is 21.1 Å². The SMILES string of the molecule is CCOc1ccc(-c2c(C(=O)c3ccc(Cl)cc3)c(O)c(O)n2CCCn2ccnc2)cc1OCC. The first-order valence-electron chi connectivity index (χ1n) is 11.7. The second-order valence-electron chi connectivity index (χ2n) is 8.07. The number of benzene rings is 2. The number of carbonyl (C=O) groups is 1. The molecule has 0 aliphatic rings. The monoisotopic (exact) mass is 509 g/mol. The van der Waals surface area contributed by atoms with Crippen LogP contribution in [0.4, 0.5) is 0 Å². The van der Waals surface area contributed by atoms with Gasteiger partial charge in [-0.25, -0.2) is 4.98 Å². The van der Waals surface area contributed by atoms with E-state index in [1.807, 2.05) is 24.6 Å². The number of nitrogens with zero attached hydrogens (tertiary/aromatic N) is 3. The quantitative estimate of drug-likeness (QED) is 0.258. The Kier molecular flexibility index (Phi) is 7.85. The molecule has 0 aliphatic heterocycles. The summed E-state index contributed by atoms with van der Waals surface area (Å²) >= 11 is 6.00. The predicted octanol–water partition coefficient (Wildman–Crippen LogP) is 5.53. The third kappa shape index (κ3) is 5.18. The minimum Gasteiger partial charge on any atom is -0.503 e. The number of hydrogen-bond donors (Lipinski definition) is 2. The van der Waals surface area contributed by atoms with Crippen molar-refractivity contribution in [3.63, 3.8) is 0 Å². The zero-order valence-corrected chi connectivity index (χ0v) is 20.9. The first-order chi connectivity index (χ1) is 17.4. The van der Waals surface area contributed by atoms with Crippen molar-refractivity contribution in [3.8, 4) is 34.4 Å². The van der Waals surface area contributed by atoms with E-state index in [0.717, 1.165) is 0 Å². The van der Waals surface area contributed by atoms with Gasteiger partial charge in [-0.3, -0.25) is 4.79 Å². The Morgan fingerprint density at radius 1 is 1.00 bits per heavy atom. The molecular weight excluding hydrogens is 482 g/mol. The van der Waals surface area contributed by atoms with Crippen LogP contribution >= 0.6 is 11.6 Å². The Bertz CT molecular complexity index is 1330. The molecule has 4 rings (SSSR count). The van der Waals surface area contributed by atoms with E-state index in [1.165, 1.54) is 0 Å². The van der Waals surface area contributed by atoms with Crippen molar-refractivity contribution in [2.75, 3.05) is 13.2 Å². The van der Waals surface area contributed by atoms with Crippen LogP contribution in [0.15, 0.2) is 61.2 Å². The molecule has 0 atom stereocenters. The summed E-state index contributed by atoms with van der Waals surface area (Å²) in [5, 5.41) is 22.4. The van der Waals surface area contributed by atoms with Crippen molar-refractivity contribution in [1.29, 1.82) is 0 Å². The molecule has 188 valence electrons. The van der Waals surface area contributed by atoms with Crippen LogP contribution in [0.5, 0.6) is 23.1 Å². The molecule has 0 saturated heterocycles. The van der Waals surface area contributed by atoms with E-state index in [1.54, 1.807) is 59.6 Å². The lowest BCUT2D eigenvalue weighted by molar-refractivity contribution is 0.103. The van der Waals surface area contributed by atoms with Gasteiger partial charge in [0, 0.05) is 41.6 Å². The molecular formula is C27H28ClN3O5. The zero-order chi connectivity index (χ0) is 25.7. The van der Waals surface area contributed by atoms with Crippen LogP contribution in [0.1, 0.15) is 36.2 Å². The number of aromatic hydroxyl groups is 2.